The molecule has 5 heteroatoms. The van der Waals surface area contributed by atoms with Crippen LogP contribution in [0.1, 0.15) is 13.3 Å². The van der Waals surface area contributed by atoms with Crippen LogP contribution in [0, 0.1) is 0 Å². The molecule has 0 amide bonds. The molecule has 15 heavy (non-hydrogen) atoms. The summed E-state index contributed by atoms with van der Waals surface area (Å²) in [6.07, 6.45) is 1.24. The second-order valence-electron chi connectivity index (χ2n) is 3.92. The van der Waals surface area contributed by atoms with Crippen LogP contribution in [-0.2, 0) is 14.2 Å². The Labute approximate surface area is 105 Å². The lowest BCUT2D eigenvalue weighted by Gasteiger charge is -2.25. The number of alkyl halides is 2. The van der Waals surface area contributed by atoms with Crippen molar-refractivity contribution in [3.05, 3.63) is 0 Å². The molecule has 1 fully saturated rings. The molecule has 0 bridgehead atoms. The van der Waals surface area contributed by atoms with Crippen molar-refractivity contribution in [2.24, 2.45) is 0 Å². The van der Waals surface area contributed by atoms with Crippen LogP contribution in [0.4, 0.5) is 0 Å². The van der Waals surface area contributed by atoms with Gasteiger partial charge in [-0.25, -0.2) is 0 Å². The first-order chi connectivity index (χ1) is 7.20. The molecule has 1 saturated heterocycles. The molecule has 2 unspecified atom stereocenters. The van der Waals surface area contributed by atoms with Crippen LogP contribution >= 0.6 is 27.5 Å². The summed E-state index contributed by atoms with van der Waals surface area (Å²) in [6.45, 7) is 4.68. The van der Waals surface area contributed by atoms with Gasteiger partial charge < -0.3 is 14.2 Å². The smallest absolute Gasteiger partial charge is 0.0886 e. The molecule has 90 valence electrons. The summed E-state index contributed by atoms with van der Waals surface area (Å²) in [6, 6.07) is 0. The van der Waals surface area contributed by atoms with Gasteiger partial charge in [-0.1, -0.05) is 15.9 Å². The standard InChI is InChI=1S/C10H18BrClO3/c1-10(7-11,8-12)15-5-4-14-9-2-3-13-6-9/h9H,2-8H2,1H3. The topological polar surface area (TPSA) is 27.7 Å². The van der Waals surface area contributed by atoms with E-state index in [4.69, 9.17) is 25.8 Å². The molecule has 0 aromatic rings. The van der Waals surface area contributed by atoms with Gasteiger partial charge in [0.1, 0.15) is 0 Å². The van der Waals surface area contributed by atoms with Crippen LogP contribution in [0.2, 0.25) is 0 Å². The third kappa shape index (κ3) is 5.00. The second-order valence-corrected chi connectivity index (χ2v) is 4.75. The summed E-state index contributed by atoms with van der Waals surface area (Å²) in [4.78, 5) is 0. The highest BCUT2D eigenvalue weighted by Crippen LogP contribution is 2.16. The fourth-order valence-corrected chi connectivity index (χ4v) is 2.02. The van der Waals surface area contributed by atoms with Gasteiger partial charge in [-0.15, -0.1) is 11.6 Å². The highest BCUT2D eigenvalue weighted by Gasteiger charge is 2.22. The quantitative estimate of drug-likeness (QED) is 0.533. The van der Waals surface area contributed by atoms with Crippen LogP contribution in [0.3, 0.4) is 0 Å². The average molecular weight is 302 g/mol. The lowest BCUT2D eigenvalue weighted by molar-refractivity contribution is -0.0478. The molecule has 1 rings (SSSR count). The summed E-state index contributed by atoms with van der Waals surface area (Å²) >= 11 is 9.18. The van der Waals surface area contributed by atoms with Crippen molar-refractivity contribution < 1.29 is 14.2 Å². The summed E-state index contributed by atoms with van der Waals surface area (Å²) in [5.41, 5.74) is -0.295. The first kappa shape index (κ1) is 13.7. The molecule has 0 spiro atoms. The minimum Gasteiger partial charge on any atom is -0.379 e. The first-order valence-corrected chi connectivity index (χ1v) is 6.81. The van der Waals surface area contributed by atoms with Gasteiger partial charge in [-0.05, 0) is 13.3 Å². The Bertz CT molecular complexity index is 170. The molecule has 0 aliphatic carbocycles. The number of hydrogen-bond acceptors (Lipinski definition) is 3. The molecule has 2 atom stereocenters. The minimum atomic E-state index is -0.295. The van der Waals surface area contributed by atoms with Crippen LogP contribution in [-0.4, -0.2) is 49.3 Å². The Morgan fingerprint density at radius 1 is 1.53 bits per heavy atom. The molecule has 0 N–H and O–H groups in total. The normalized spacial score (nSPS) is 25.4. The van der Waals surface area contributed by atoms with Crippen molar-refractivity contribution in [1.82, 2.24) is 0 Å². The maximum atomic E-state index is 5.80. The van der Waals surface area contributed by atoms with Crippen molar-refractivity contribution in [2.75, 3.05) is 37.6 Å². The zero-order valence-corrected chi connectivity index (χ0v) is 11.3. The zero-order valence-electron chi connectivity index (χ0n) is 9.01. The molecule has 1 aliphatic heterocycles. The van der Waals surface area contributed by atoms with E-state index in [1.54, 1.807) is 0 Å². The van der Waals surface area contributed by atoms with E-state index >= 15 is 0 Å². The lowest BCUT2D eigenvalue weighted by atomic mass is 10.2. The van der Waals surface area contributed by atoms with E-state index in [1.807, 2.05) is 6.92 Å². The molecule has 0 aromatic heterocycles. The predicted octanol–water partition coefficient (Wildman–Crippen LogP) is 2.20. The highest BCUT2D eigenvalue weighted by molar-refractivity contribution is 9.09. The maximum Gasteiger partial charge on any atom is 0.0886 e. The average Bonchev–Trinajstić information content (AvgIpc) is 2.77. The van der Waals surface area contributed by atoms with Gasteiger partial charge in [0.2, 0.25) is 0 Å². The maximum absolute atomic E-state index is 5.80. The van der Waals surface area contributed by atoms with E-state index in [0.717, 1.165) is 18.4 Å². The molecular formula is C10H18BrClO3. The minimum absolute atomic E-state index is 0.250. The fraction of sp³-hybridized carbons (Fsp3) is 1.00. The molecule has 0 saturated carbocycles. The van der Waals surface area contributed by atoms with Gasteiger partial charge in [-0.2, -0.15) is 0 Å². The zero-order chi connectivity index (χ0) is 11.1. The van der Waals surface area contributed by atoms with Crippen molar-refractivity contribution in [2.45, 2.75) is 25.0 Å². The summed E-state index contributed by atoms with van der Waals surface area (Å²) in [7, 11) is 0. The summed E-state index contributed by atoms with van der Waals surface area (Å²) in [5, 5.41) is 0.732. The SMILES string of the molecule is CC(CCl)(CBr)OCCOC1CCOC1. The molecule has 0 radical (unpaired) electrons. The van der Waals surface area contributed by atoms with Crippen LogP contribution in [0.5, 0.6) is 0 Å². The lowest BCUT2D eigenvalue weighted by Crippen LogP contribution is -2.34. The second kappa shape index (κ2) is 7.07. The molecule has 0 aromatic carbocycles. The molecular weight excluding hydrogens is 283 g/mol. The molecule has 1 aliphatic rings. The van der Waals surface area contributed by atoms with E-state index in [0.29, 0.717) is 25.7 Å². The third-order valence-corrected chi connectivity index (χ3v) is 4.09. The van der Waals surface area contributed by atoms with E-state index in [9.17, 15) is 0 Å². The third-order valence-electron chi connectivity index (χ3n) is 2.34. The molecule has 1 heterocycles. The van der Waals surface area contributed by atoms with E-state index < -0.39 is 0 Å². The summed E-state index contributed by atoms with van der Waals surface area (Å²) < 4.78 is 16.4. The Morgan fingerprint density at radius 3 is 2.87 bits per heavy atom. The Balaban J connectivity index is 2.04. The van der Waals surface area contributed by atoms with E-state index in [1.165, 1.54) is 0 Å². The van der Waals surface area contributed by atoms with Gasteiger partial charge in [0.05, 0.1) is 37.4 Å². The Hall–Kier alpha value is 0.650. The fourth-order valence-electron chi connectivity index (χ4n) is 1.26. The number of rotatable bonds is 7. The van der Waals surface area contributed by atoms with Crippen molar-refractivity contribution >= 4 is 27.5 Å². The van der Waals surface area contributed by atoms with Gasteiger partial charge in [0.15, 0.2) is 0 Å². The monoisotopic (exact) mass is 300 g/mol. The predicted molar refractivity (Wildman–Crippen MR) is 64.0 cm³/mol. The van der Waals surface area contributed by atoms with Gasteiger partial charge in [0, 0.05) is 11.9 Å². The van der Waals surface area contributed by atoms with Crippen LogP contribution in [0.25, 0.3) is 0 Å². The molecule has 3 nitrogen and oxygen atoms in total. The van der Waals surface area contributed by atoms with Crippen LogP contribution in [0.15, 0.2) is 0 Å². The Kier molecular flexibility index (Phi) is 6.46. The van der Waals surface area contributed by atoms with Gasteiger partial charge in [0.25, 0.3) is 0 Å². The van der Waals surface area contributed by atoms with Crippen molar-refractivity contribution in [3.8, 4) is 0 Å². The Morgan fingerprint density at radius 2 is 2.33 bits per heavy atom. The van der Waals surface area contributed by atoms with Crippen molar-refractivity contribution in [1.29, 1.82) is 0 Å². The number of hydrogen-bond donors (Lipinski definition) is 0. The van der Waals surface area contributed by atoms with E-state index in [2.05, 4.69) is 15.9 Å². The van der Waals surface area contributed by atoms with Gasteiger partial charge >= 0.3 is 0 Å². The van der Waals surface area contributed by atoms with E-state index in [-0.39, 0.29) is 11.7 Å². The van der Waals surface area contributed by atoms with Gasteiger partial charge in [-0.3, -0.25) is 0 Å². The largest absolute Gasteiger partial charge is 0.379 e. The summed E-state index contributed by atoms with van der Waals surface area (Å²) in [5.74, 6) is 0.477. The van der Waals surface area contributed by atoms with Crippen LogP contribution < -0.4 is 0 Å². The first-order valence-electron chi connectivity index (χ1n) is 5.15. The highest BCUT2D eigenvalue weighted by atomic mass is 79.9. The number of ether oxygens (including phenoxy) is 3. The number of halogens is 2. The van der Waals surface area contributed by atoms with Crippen molar-refractivity contribution in [3.63, 3.8) is 0 Å².